The van der Waals surface area contributed by atoms with Crippen LogP contribution in [-0.4, -0.2) is 21.0 Å². The van der Waals surface area contributed by atoms with Crippen molar-refractivity contribution >= 4 is 31.9 Å². The molecule has 1 aliphatic rings. The highest BCUT2D eigenvalue weighted by molar-refractivity contribution is 9.10. The van der Waals surface area contributed by atoms with E-state index in [0.717, 1.165) is 31.7 Å². The SMILES string of the molecule is NS(=O)(=O)c1cc(Br)cc(C(=O)OCC2CCCC2)c1F. The third kappa shape index (κ3) is 4.02. The Kier molecular flexibility index (Phi) is 5.00. The van der Waals surface area contributed by atoms with E-state index < -0.39 is 32.3 Å². The average molecular weight is 380 g/mol. The van der Waals surface area contributed by atoms with Crippen molar-refractivity contribution in [2.45, 2.75) is 30.6 Å². The largest absolute Gasteiger partial charge is 0.462 e. The molecule has 0 aliphatic heterocycles. The molecule has 0 bridgehead atoms. The van der Waals surface area contributed by atoms with Gasteiger partial charge in [0.25, 0.3) is 0 Å². The van der Waals surface area contributed by atoms with Gasteiger partial charge in [-0.1, -0.05) is 28.8 Å². The zero-order valence-electron chi connectivity index (χ0n) is 11.1. The molecule has 1 aromatic carbocycles. The van der Waals surface area contributed by atoms with Crippen molar-refractivity contribution in [2.75, 3.05) is 6.61 Å². The lowest BCUT2D eigenvalue weighted by molar-refractivity contribution is 0.0436. The van der Waals surface area contributed by atoms with Crippen molar-refractivity contribution in [1.82, 2.24) is 0 Å². The number of esters is 1. The highest BCUT2D eigenvalue weighted by Crippen LogP contribution is 2.27. The van der Waals surface area contributed by atoms with Crippen LogP contribution in [0, 0.1) is 11.7 Å². The highest BCUT2D eigenvalue weighted by Gasteiger charge is 2.24. The van der Waals surface area contributed by atoms with Crippen LogP contribution in [0.2, 0.25) is 0 Å². The summed E-state index contributed by atoms with van der Waals surface area (Å²) in [5.74, 6) is -1.77. The molecule has 8 heteroatoms. The third-order valence-corrected chi connectivity index (χ3v) is 4.82. The summed E-state index contributed by atoms with van der Waals surface area (Å²) in [7, 11) is -4.26. The number of carbonyl (C=O) groups is 1. The van der Waals surface area contributed by atoms with E-state index in [1.807, 2.05) is 0 Å². The molecule has 0 unspecified atom stereocenters. The molecule has 0 radical (unpaired) electrons. The first-order valence-electron chi connectivity index (χ1n) is 6.48. The van der Waals surface area contributed by atoms with Gasteiger partial charge in [-0.15, -0.1) is 0 Å². The minimum Gasteiger partial charge on any atom is -0.462 e. The van der Waals surface area contributed by atoms with E-state index in [9.17, 15) is 17.6 Å². The van der Waals surface area contributed by atoms with Crippen LogP contribution in [0.3, 0.4) is 0 Å². The van der Waals surface area contributed by atoms with Gasteiger partial charge >= 0.3 is 5.97 Å². The van der Waals surface area contributed by atoms with Crippen LogP contribution in [0.1, 0.15) is 36.0 Å². The van der Waals surface area contributed by atoms with Gasteiger partial charge < -0.3 is 4.74 Å². The number of carbonyl (C=O) groups excluding carboxylic acids is 1. The summed E-state index contributed by atoms with van der Waals surface area (Å²) in [6.45, 7) is 0.218. The van der Waals surface area contributed by atoms with Crippen molar-refractivity contribution in [3.05, 3.63) is 28.0 Å². The molecule has 21 heavy (non-hydrogen) atoms. The van der Waals surface area contributed by atoms with Crippen LogP contribution >= 0.6 is 15.9 Å². The van der Waals surface area contributed by atoms with Crippen LogP contribution < -0.4 is 5.14 Å². The van der Waals surface area contributed by atoms with Crippen LogP contribution in [0.25, 0.3) is 0 Å². The Bertz CT molecular complexity index is 656. The predicted molar refractivity (Wildman–Crippen MR) is 77.7 cm³/mol. The smallest absolute Gasteiger partial charge is 0.341 e. The number of rotatable bonds is 4. The van der Waals surface area contributed by atoms with Crippen LogP contribution in [0.15, 0.2) is 21.5 Å². The fourth-order valence-corrected chi connectivity index (χ4v) is 3.63. The van der Waals surface area contributed by atoms with E-state index in [1.54, 1.807) is 0 Å². The van der Waals surface area contributed by atoms with E-state index in [-0.39, 0.29) is 11.1 Å². The van der Waals surface area contributed by atoms with Crippen LogP contribution in [0.5, 0.6) is 0 Å². The quantitative estimate of drug-likeness (QED) is 0.814. The fraction of sp³-hybridized carbons (Fsp3) is 0.462. The Morgan fingerprint density at radius 2 is 2.00 bits per heavy atom. The predicted octanol–water partition coefficient (Wildman–Crippen LogP) is 2.58. The molecule has 0 saturated heterocycles. The van der Waals surface area contributed by atoms with Gasteiger partial charge in [0.15, 0.2) is 5.82 Å². The Hall–Kier alpha value is -0.990. The second-order valence-electron chi connectivity index (χ2n) is 5.06. The van der Waals surface area contributed by atoms with Crippen molar-refractivity contribution < 1.29 is 22.3 Å². The molecule has 5 nitrogen and oxygen atoms in total. The second-order valence-corrected chi connectivity index (χ2v) is 7.50. The second kappa shape index (κ2) is 6.41. The molecular weight excluding hydrogens is 365 g/mol. The van der Waals surface area contributed by atoms with E-state index in [1.165, 1.54) is 6.07 Å². The zero-order valence-corrected chi connectivity index (χ0v) is 13.5. The first kappa shape index (κ1) is 16.4. The topological polar surface area (TPSA) is 86.5 Å². The zero-order chi connectivity index (χ0) is 15.6. The number of ether oxygens (including phenoxy) is 1. The minimum absolute atomic E-state index is 0.218. The Morgan fingerprint density at radius 3 is 2.57 bits per heavy atom. The Labute approximate surface area is 130 Å². The lowest BCUT2D eigenvalue weighted by Crippen LogP contribution is -2.18. The van der Waals surface area contributed by atoms with Crippen molar-refractivity contribution in [2.24, 2.45) is 11.1 Å². The maximum absolute atomic E-state index is 14.1. The number of primary sulfonamides is 1. The van der Waals surface area contributed by atoms with Gasteiger partial charge in [-0.2, -0.15) is 0 Å². The van der Waals surface area contributed by atoms with Gasteiger partial charge in [-0.25, -0.2) is 22.7 Å². The van der Waals surface area contributed by atoms with E-state index >= 15 is 0 Å². The van der Waals surface area contributed by atoms with Gasteiger partial charge in [0.1, 0.15) is 4.90 Å². The van der Waals surface area contributed by atoms with E-state index in [0.29, 0.717) is 5.92 Å². The lowest BCUT2D eigenvalue weighted by Gasteiger charge is -2.11. The molecule has 0 spiro atoms. The number of nitrogens with two attached hydrogens (primary N) is 1. The van der Waals surface area contributed by atoms with Gasteiger partial charge in [0.2, 0.25) is 10.0 Å². The molecule has 0 atom stereocenters. The van der Waals surface area contributed by atoms with Gasteiger partial charge in [-0.05, 0) is 30.9 Å². The molecule has 1 saturated carbocycles. The standard InChI is InChI=1S/C13H15BrFNO4S/c14-9-5-10(12(15)11(6-9)21(16,18)19)13(17)20-7-8-3-1-2-4-8/h5-6,8H,1-4,7H2,(H2,16,18,19). The van der Waals surface area contributed by atoms with Crippen molar-refractivity contribution in [1.29, 1.82) is 0 Å². The summed E-state index contributed by atoms with van der Waals surface area (Å²) >= 11 is 3.03. The third-order valence-electron chi connectivity index (χ3n) is 3.46. The normalized spacial score (nSPS) is 16.1. The molecule has 1 aromatic rings. The summed E-state index contributed by atoms with van der Waals surface area (Å²) in [6, 6.07) is 2.19. The first-order chi connectivity index (χ1) is 9.79. The van der Waals surface area contributed by atoms with Crippen molar-refractivity contribution in [3.8, 4) is 0 Å². The molecule has 0 aromatic heterocycles. The summed E-state index contributed by atoms with van der Waals surface area (Å²) in [5.41, 5.74) is -0.439. The average Bonchev–Trinajstić information content (AvgIpc) is 2.90. The summed E-state index contributed by atoms with van der Waals surface area (Å²) in [5, 5.41) is 4.93. The summed E-state index contributed by atoms with van der Waals surface area (Å²) in [6.07, 6.45) is 4.17. The highest BCUT2D eigenvalue weighted by atomic mass is 79.9. The van der Waals surface area contributed by atoms with Gasteiger partial charge in [-0.3, -0.25) is 0 Å². The molecule has 0 heterocycles. The van der Waals surface area contributed by atoms with Crippen LogP contribution in [0.4, 0.5) is 4.39 Å². The van der Waals surface area contributed by atoms with Crippen molar-refractivity contribution in [3.63, 3.8) is 0 Å². The van der Waals surface area contributed by atoms with E-state index in [4.69, 9.17) is 9.88 Å². The monoisotopic (exact) mass is 379 g/mol. The number of hydrogen-bond acceptors (Lipinski definition) is 4. The first-order valence-corrected chi connectivity index (χ1v) is 8.82. The number of hydrogen-bond donors (Lipinski definition) is 1. The van der Waals surface area contributed by atoms with Gasteiger partial charge in [0.05, 0.1) is 12.2 Å². The lowest BCUT2D eigenvalue weighted by atomic mass is 10.1. The number of benzene rings is 1. The maximum atomic E-state index is 14.1. The number of halogens is 2. The molecule has 1 aliphatic carbocycles. The minimum atomic E-state index is -4.26. The number of sulfonamides is 1. The molecule has 1 fully saturated rings. The summed E-state index contributed by atoms with van der Waals surface area (Å²) < 4.78 is 42.1. The maximum Gasteiger partial charge on any atom is 0.341 e. The molecular formula is C13H15BrFNO4S. The molecule has 0 amide bonds. The molecule has 2 N–H and O–H groups in total. The van der Waals surface area contributed by atoms with E-state index in [2.05, 4.69) is 15.9 Å². The molecule has 2 rings (SSSR count). The summed E-state index contributed by atoms with van der Waals surface area (Å²) in [4.78, 5) is 11.2. The molecule has 116 valence electrons. The Morgan fingerprint density at radius 1 is 1.38 bits per heavy atom. The van der Waals surface area contributed by atoms with Crippen LogP contribution in [-0.2, 0) is 14.8 Å². The Balaban J connectivity index is 2.22. The van der Waals surface area contributed by atoms with Gasteiger partial charge in [0, 0.05) is 4.47 Å². The fourth-order valence-electron chi connectivity index (χ4n) is 2.37.